The summed E-state index contributed by atoms with van der Waals surface area (Å²) in [6.07, 6.45) is -3.47. The molecule has 1 fully saturated rings. The van der Waals surface area contributed by atoms with Crippen LogP contribution in [0.15, 0.2) is 53.6 Å². The van der Waals surface area contributed by atoms with Gasteiger partial charge >= 0.3 is 6.18 Å². The molecule has 0 bridgehead atoms. The van der Waals surface area contributed by atoms with E-state index in [1.54, 1.807) is 17.0 Å². The number of hydrogen-bond donors (Lipinski definition) is 2. The van der Waals surface area contributed by atoms with Crippen LogP contribution < -0.4 is 21.1 Å². The molecule has 1 saturated heterocycles. The van der Waals surface area contributed by atoms with Crippen LogP contribution in [0.3, 0.4) is 0 Å². The number of nitrogens with zero attached hydrogens (tertiary/aromatic N) is 4. The summed E-state index contributed by atoms with van der Waals surface area (Å²) in [7, 11) is 0. The molecule has 2 aromatic carbocycles. The normalized spacial score (nSPS) is 14.6. The van der Waals surface area contributed by atoms with E-state index in [1.807, 2.05) is 19.9 Å². The summed E-state index contributed by atoms with van der Waals surface area (Å²) in [6.45, 7) is 7.72. The molecule has 0 radical (unpaired) electrons. The molecule has 3 amide bonds. The van der Waals surface area contributed by atoms with Crippen molar-refractivity contribution in [1.82, 2.24) is 25.1 Å². The molecule has 2 heterocycles. The van der Waals surface area contributed by atoms with Crippen LogP contribution in [0.5, 0.6) is 0 Å². The first kappa shape index (κ1) is 31.5. The van der Waals surface area contributed by atoms with Crippen LogP contribution in [0.1, 0.15) is 44.4 Å². The van der Waals surface area contributed by atoms with Crippen LogP contribution in [0.4, 0.5) is 18.9 Å². The number of halogens is 3. The average Bonchev–Trinajstić information content (AvgIpc) is 2.97. The lowest BCUT2D eigenvalue weighted by Gasteiger charge is -2.35. The maximum absolute atomic E-state index is 13.4. The van der Waals surface area contributed by atoms with Crippen molar-refractivity contribution >= 4 is 34.3 Å². The first-order valence-electron chi connectivity index (χ1n) is 14.0. The second-order valence-electron chi connectivity index (χ2n) is 11.0. The van der Waals surface area contributed by atoms with Crippen molar-refractivity contribution in [3.63, 3.8) is 0 Å². The lowest BCUT2D eigenvalue weighted by atomic mass is 10.0. The van der Waals surface area contributed by atoms with Gasteiger partial charge in [-0.15, -0.1) is 0 Å². The van der Waals surface area contributed by atoms with Gasteiger partial charge in [0.1, 0.15) is 6.54 Å². The minimum absolute atomic E-state index is 0.0141. The summed E-state index contributed by atoms with van der Waals surface area (Å²) in [6, 6.07) is 8.62. The van der Waals surface area contributed by atoms with E-state index in [9.17, 15) is 32.3 Å². The van der Waals surface area contributed by atoms with Crippen LogP contribution in [0.25, 0.3) is 10.9 Å². The Kier molecular flexibility index (Phi) is 9.72. The molecule has 1 aliphatic heterocycles. The molecular formula is C30H35F3N6O4. The summed E-state index contributed by atoms with van der Waals surface area (Å²) in [5.41, 5.74) is 0.285. The number of anilines is 1. The van der Waals surface area contributed by atoms with Gasteiger partial charge in [-0.25, -0.2) is 4.98 Å². The van der Waals surface area contributed by atoms with Gasteiger partial charge < -0.3 is 20.4 Å². The smallest absolute Gasteiger partial charge is 0.368 e. The molecule has 43 heavy (non-hydrogen) atoms. The molecule has 2 N–H and O–H groups in total. The number of carbonyl (C=O) groups excluding carboxylic acids is 3. The third-order valence-corrected chi connectivity index (χ3v) is 7.28. The number of rotatable bonds is 9. The lowest BCUT2D eigenvalue weighted by molar-refractivity contribution is -0.137. The number of benzene rings is 2. The number of nitrogens with one attached hydrogen (secondary N) is 2. The Morgan fingerprint density at radius 2 is 1.65 bits per heavy atom. The van der Waals surface area contributed by atoms with E-state index < -0.39 is 35.8 Å². The molecule has 3 aromatic rings. The Morgan fingerprint density at radius 1 is 0.977 bits per heavy atom. The highest BCUT2D eigenvalue weighted by Crippen LogP contribution is 2.30. The predicted molar refractivity (Wildman–Crippen MR) is 155 cm³/mol. The van der Waals surface area contributed by atoms with Crippen LogP contribution in [-0.2, 0) is 27.1 Å². The van der Waals surface area contributed by atoms with Gasteiger partial charge in [0.2, 0.25) is 17.7 Å². The second-order valence-corrected chi connectivity index (χ2v) is 11.0. The number of carbonyl (C=O) groups is 3. The average molecular weight is 601 g/mol. The highest BCUT2D eigenvalue weighted by Gasteiger charge is 2.30. The zero-order valence-corrected chi connectivity index (χ0v) is 24.3. The number of aromatic nitrogens is 2. The third-order valence-electron chi connectivity index (χ3n) is 7.28. The van der Waals surface area contributed by atoms with Gasteiger partial charge in [-0.3, -0.25) is 23.7 Å². The Labute approximate surface area is 246 Å². The SMILES string of the molecule is CC(=O)N1CCN(c2ccc3ncn(CC(=O)NC(CC(=O)NCC(C)C)c4ccc(C(F)(F)F)cc4)c(=O)c3c2)CC1. The van der Waals surface area contributed by atoms with E-state index in [4.69, 9.17) is 0 Å². The molecule has 0 spiro atoms. The van der Waals surface area contributed by atoms with Gasteiger partial charge in [-0.05, 0) is 41.8 Å². The summed E-state index contributed by atoms with van der Waals surface area (Å²) in [5.74, 6) is -0.789. The molecule has 1 aromatic heterocycles. The topological polar surface area (TPSA) is 117 Å². The van der Waals surface area contributed by atoms with Crippen LogP contribution >= 0.6 is 0 Å². The molecule has 1 aliphatic rings. The number of piperazine rings is 1. The van der Waals surface area contributed by atoms with Crippen LogP contribution in [0.2, 0.25) is 0 Å². The summed E-state index contributed by atoms with van der Waals surface area (Å²) < 4.78 is 40.4. The molecular weight excluding hydrogens is 565 g/mol. The van der Waals surface area contributed by atoms with E-state index in [-0.39, 0.29) is 24.2 Å². The van der Waals surface area contributed by atoms with Crippen molar-refractivity contribution in [2.45, 2.75) is 46.0 Å². The Morgan fingerprint density at radius 3 is 2.26 bits per heavy atom. The van der Waals surface area contributed by atoms with Gasteiger partial charge in [-0.2, -0.15) is 13.2 Å². The number of alkyl halides is 3. The van der Waals surface area contributed by atoms with Gasteiger partial charge in [-0.1, -0.05) is 26.0 Å². The first-order valence-corrected chi connectivity index (χ1v) is 14.0. The molecule has 1 unspecified atom stereocenters. The zero-order valence-electron chi connectivity index (χ0n) is 24.3. The zero-order chi connectivity index (χ0) is 31.3. The van der Waals surface area contributed by atoms with E-state index in [0.717, 1.165) is 22.4 Å². The number of fused-ring (bicyclic) bond motifs is 1. The van der Waals surface area contributed by atoms with Crippen molar-refractivity contribution < 1.29 is 27.6 Å². The van der Waals surface area contributed by atoms with Crippen molar-refractivity contribution in [3.8, 4) is 0 Å². The lowest BCUT2D eigenvalue weighted by Crippen LogP contribution is -2.48. The Bertz CT molecular complexity index is 1530. The maximum Gasteiger partial charge on any atom is 0.416 e. The van der Waals surface area contributed by atoms with Crippen molar-refractivity contribution in [2.24, 2.45) is 5.92 Å². The molecule has 4 rings (SSSR count). The first-order chi connectivity index (χ1) is 20.3. The number of hydrogen-bond acceptors (Lipinski definition) is 6. The minimum atomic E-state index is -4.53. The molecule has 10 nitrogen and oxygen atoms in total. The van der Waals surface area contributed by atoms with E-state index in [0.29, 0.717) is 49.2 Å². The highest BCUT2D eigenvalue weighted by molar-refractivity contribution is 5.83. The molecule has 230 valence electrons. The van der Waals surface area contributed by atoms with Crippen LogP contribution in [-0.4, -0.2) is 64.9 Å². The van der Waals surface area contributed by atoms with Crippen molar-refractivity contribution in [1.29, 1.82) is 0 Å². The fourth-order valence-corrected chi connectivity index (χ4v) is 4.86. The van der Waals surface area contributed by atoms with Crippen molar-refractivity contribution in [2.75, 3.05) is 37.6 Å². The Balaban J connectivity index is 1.52. The van der Waals surface area contributed by atoms with Gasteiger partial charge in [0, 0.05) is 45.3 Å². The largest absolute Gasteiger partial charge is 0.416 e. The summed E-state index contributed by atoms with van der Waals surface area (Å²) in [4.78, 5) is 58.8. The summed E-state index contributed by atoms with van der Waals surface area (Å²) in [5, 5.41) is 5.77. The van der Waals surface area contributed by atoms with Crippen molar-refractivity contribution in [3.05, 3.63) is 70.3 Å². The quantitative estimate of drug-likeness (QED) is 0.390. The standard InChI is InChI=1S/C30H35F3N6O4/c1-19(2)16-34-27(41)15-26(21-4-6-22(7-5-21)30(31,32)33)36-28(42)17-39-18-35-25-9-8-23(14-24(25)29(39)43)38-12-10-37(11-13-38)20(3)40/h4-9,14,18-19,26H,10-13,15-17H2,1-3H3,(H,34,41)(H,36,42). The highest BCUT2D eigenvalue weighted by atomic mass is 19.4. The maximum atomic E-state index is 13.4. The Hall–Kier alpha value is -4.42. The predicted octanol–water partition coefficient (Wildman–Crippen LogP) is 3.10. The summed E-state index contributed by atoms with van der Waals surface area (Å²) >= 11 is 0. The van der Waals surface area contributed by atoms with E-state index in [2.05, 4.69) is 20.5 Å². The molecule has 0 aliphatic carbocycles. The fraction of sp³-hybridized carbons (Fsp3) is 0.433. The van der Waals surface area contributed by atoms with Gasteiger partial charge in [0.15, 0.2) is 0 Å². The molecule has 1 atom stereocenters. The third kappa shape index (κ3) is 8.11. The monoisotopic (exact) mass is 600 g/mol. The second kappa shape index (κ2) is 13.3. The molecule has 13 heteroatoms. The van der Waals surface area contributed by atoms with Crippen LogP contribution in [0, 0.1) is 5.92 Å². The minimum Gasteiger partial charge on any atom is -0.368 e. The van der Waals surface area contributed by atoms with Gasteiger partial charge in [0.05, 0.1) is 35.3 Å². The van der Waals surface area contributed by atoms with E-state index in [1.165, 1.54) is 25.4 Å². The molecule has 0 saturated carbocycles. The van der Waals surface area contributed by atoms with Gasteiger partial charge in [0.25, 0.3) is 5.56 Å². The number of amides is 3. The van der Waals surface area contributed by atoms with E-state index >= 15 is 0 Å². The fourth-order valence-electron chi connectivity index (χ4n) is 4.86.